The molecular weight excluding hydrogens is 305 g/mol. The van der Waals surface area contributed by atoms with E-state index in [4.69, 9.17) is 0 Å². The van der Waals surface area contributed by atoms with Crippen LogP contribution < -0.4 is 15.7 Å². The van der Waals surface area contributed by atoms with E-state index in [2.05, 4.69) is 5.09 Å². The Morgan fingerprint density at radius 3 is 1.48 bits per heavy atom. The van der Waals surface area contributed by atoms with Crippen LogP contribution in [0.1, 0.15) is 10.4 Å². The van der Waals surface area contributed by atoms with Crippen LogP contribution in [0.5, 0.6) is 0 Å². The van der Waals surface area contributed by atoms with Gasteiger partial charge in [-0.05, 0) is 36.4 Å². The van der Waals surface area contributed by atoms with E-state index in [0.717, 1.165) is 0 Å². The molecule has 0 aromatic heterocycles. The molecule has 0 unspecified atom stereocenters. The van der Waals surface area contributed by atoms with Crippen molar-refractivity contribution in [2.24, 2.45) is 0 Å². The highest BCUT2D eigenvalue weighted by molar-refractivity contribution is 7.77. The first-order valence-electron chi connectivity index (χ1n) is 7.29. The number of benzene rings is 3. The van der Waals surface area contributed by atoms with Gasteiger partial charge in [0, 0.05) is 16.2 Å². The van der Waals surface area contributed by atoms with Crippen LogP contribution in [0.2, 0.25) is 0 Å². The van der Waals surface area contributed by atoms with Crippen LogP contribution in [-0.4, -0.2) is 5.91 Å². The molecule has 0 heterocycles. The molecule has 1 amide bonds. The quantitative estimate of drug-likeness (QED) is 0.749. The van der Waals surface area contributed by atoms with Gasteiger partial charge in [0.15, 0.2) is 0 Å². The molecule has 0 aliphatic carbocycles. The van der Waals surface area contributed by atoms with Crippen LogP contribution in [0.25, 0.3) is 0 Å². The minimum Gasteiger partial charge on any atom is -0.296 e. The van der Waals surface area contributed by atoms with Crippen molar-refractivity contribution in [2.75, 3.05) is 0 Å². The Morgan fingerprint density at radius 2 is 1.04 bits per heavy atom. The number of carbonyl (C=O) groups excluding carboxylic acids is 1. The molecule has 3 aromatic carbocycles. The van der Waals surface area contributed by atoms with Crippen molar-refractivity contribution in [3.63, 3.8) is 0 Å². The number of hydrogen-bond donors (Lipinski definition) is 1. The lowest BCUT2D eigenvalue weighted by molar-refractivity contribution is 0.0981. The lowest BCUT2D eigenvalue weighted by atomic mass is 10.2. The normalized spacial score (nSPS) is 11.0. The highest BCUT2D eigenvalue weighted by atomic mass is 31.2. The summed E-state index contributed by atoms with van der Waals surface area (Å²) in [5.74, 6) is -0.346. The van der Waals surface area contributed by atoms with E-state index in [1.54, 1.807) is 48.5 Å². The fraction of sp³-hybridized carbons (Fsp3) is 0. The van der Waals surface area contributed by atoms with Crippen molar-refractivity contribution in [3.05, 3.63) is 96.6 Å². The van der Waals surface area contributed by atoms with Crippen LogP contribution in [0.15, 0.2) is 91.0 Å². The second-order valence-electron chi connectivity index (χ2n) is 5.09. The van der Waals surface area contributed by atoms with Gasteiger partial charge >= 0.3 is 0 Å². The monoisotopic (exact) mass is 321 g/mol. The van der Waals surface area contributed by atoms with Gasteiger partial charge in [0.05, 0.1) is 0 Å². The number of carbonyl (C=O) groups is 1. The first kappa shape index (κ1) is 15.3. The van der Waals surface area contributed by atoms with Crippen LogP contribution in [0.3, 0.4) is 0 Å². The lowest BCUT2D eigenvalue weighted by Gasteiger charge is -2.20. The molecule has 0 aliphatic heterocycles. The van der Waals surface area contributed by atoms with Crippen molar-refractivity contribution in [3.8, 4) is 0 Å². The van der Waals surface area contributed by atoms with Gasteiger partial charge in [0.1, 0.15) is 0 Å². The van der Waals surface area contributed by atoms with Gasteiger partial charge in [-0.15, -0.1) is 0 Å². The van der Waals surface area contributed by atoms with E-state index in [1.165, 1.54) is 0 Å². The van der Waals surface area contributed by atoms with Gasteiger partial charge in [-0.1, -0.05) is 54.6 Å². The van der Waals surface area contributed by atoms with Gasteiger partial charge in [-0.25, -0.2) is 0 Å². The van der Waals surface area contributed by atoms with Crippen LogP contribution in [-0.2, 0) is 4.57 Å². The number of rotatable bonds is 4. The maximum Gasteiger partial charge on any atom is 0.257 e. The minimum absolute atomic E-state index is 0.346. The molecule has 0 saturated carbocycles. The molecular formula is C19H16NO2P. The zero-order valence-electron chi connectivity index (χ0n) is 12.4. The zero-order chi connectivity index (χ0) is 16.1. The maximum absolute atomic E-state index is 13.7. The summed E-state index contributed by atoms with van der Waals surface area (Å²) in [6.45, 7) is 0. The Morgan fingerprint density at radius 1 is 0.652 bits per heavy atom. The third kappa shape index (κ3) is 3.25. The van der Waals surface area contributed by atoms with Gasteiger partial charge < -0.3 is 0 Å². The zero-order valence-corrected chi connectivity index (χ0v) is 13.3. The minimum atomic E-state index is -3.25. The smallest absolute Gasteiger partial charge is 0.257 e. The van der Waals surface area contributed by atoms with Gasteiger partial charge in [-0.3, -0.25) is 14.4 Å². The molecule has 0 fully saturated rings. The second kappa shape index (κ2) is 6.64. The molecule has 0 saturated heterocycles. The number of nitrogens with one attached hydrogen (secondary N) is 1. The molecule has 0 radical (unpaired) electrons. The predicted molar refractivity (Wildman–Crippen MR) is 93.7 cm³/mol. The fourth-order valence-corrected chi connectivity index (χ4v) is 4.51. The number of amides is 1. The number of hydrogen-bond acceptors (Lipinski definition) is 2. The van der Waals surface area contributed by atoms with Crippen molar-refractivity contribution in [1.29, 1.82) is 0 Å². The largest absolute Gasteiger partial charge is 0.296 e. The summed E-state index contributed by atoms with van der Waals surface area (Å²) in [5.41, 5.74) is 0.486. The van der Waals surface area contributed by atoms with Crippen LogP contribution in [0, 0.1) is 0 Å². The summed E-state index contributed by atoms with van der Waals surface area (Å²) >= 11 is 0. The van der Waals surface area contributed by atoms with Gasteiger partial charge in [0.25, 0.3) is 5.91 Å². The summed E-state index contributed by atoms with van der Waals surface area (Å²) in [5, 5.41) is 3.97. The first-order valence-corrected chi connectivity index (χ1v) is 9.00. The van der Waals surface area contributed by atoms with E-state index >= 15 is 0 Å². The van der Waals surface area contributed by atoms with E-state index in [1.807, 2.05) is 42.5 Å². The highest BCUT2D eigenvalue weighted by Gasteiger charge is 2.29. The summed E-state index contributed by atoms with van der Waals surface area (Å²) < 4.78 is 13.7. The van der Waals surface area contributed by atoms with E-state index in [9.17, 15) is 9.36 Å². The molecule has 0 spiro atoms. The fourth-order valence-electron chi connectivity index (χ4n) is 2.35. The highest BCUT2D eigenvalue weighted by Crippen LogP contribution is 2.38. The lowest BCUT2D eigenvalue weighted by Crippen LogP contribution is -2.32. The molecule has 0 aliphatic rings. The predicted octanol–water partition coefficient (Wildman–Crippen LogP) is 3.35. The summed E-state index contributed by atoms with van der Waals surface area (Å²) in [7, 11) is -3.25. The molecule has 3 aromatic rings. The Bertz CT molecular complexity index is 790. The summed E-state index contributed by atoms with van der Waals surface area (Å²) in [6, 6.07) is 26.9. The average molecular weight is 321 g/mol. The average Bonchev–Trinajstić information content (AvgIpc) is 2.64. The third-order valence-corrected chi connectivity index (χ3v) is 6.10. The molecule has 4 heteroatoms. The molecule has 3 nitrogen and oxygen atoms in total. The summed E-state index contributed by atoms with van der Waals surface area (Å²) in [4.78, 5) is 12.5. The van der Waals surface area contributed by atoms with E-state index < -0.39 is 7.29 Å². The van der Waals surface area contributed by atoms with Crippen molar-refractivity contribution < 1.29 is 9.36 Å². The Labute approximate surface area is 135 Å². The molecule has 3 rings (SSSR count). The van der Waals surface area contributed by atoms with Gasteiger partial charge in [-0.2, -0.15) is 0 Å². The van der Waals surface area contributed by atoms with Crippen molar-refractivity contribution in [1.82, 2.24) is 5.09 Å². The van der Waals surface area contributed by atoms with Crippen molar-refractivity contribution >= 4 is 23.8 Å². The first-order chi connectivity index (χ1) is 11.2. The second-order valence-corrected chi connectivity index (χ2v) is 7.56. The van der Waals surface area contributed by atoms with Crippen LogP contribution >= 0.6 is 7.29 Å². The summed E-state index contributed by atoms with van der Waals surface area (Å²) in [6.07, 6.45) is 0. The Kier molecular flexibility index (Phi) is 4.40. The third-order valence-electron chi connectivity index (χ3n) is 3.53. The SMILES string of the molecule is O=C(NP(=O)(c1ccccc1)c1ccccc1)c1ccccc1. The van der Waals surface area contributed by atoms with Crippen molar-refractivity contribution in [2.45, 2.75) is 0 Å². The van der Waals surface area contributed by atoms with E-state index in [-0.39, 0.29) is 5.91 Å². The Balaban J connectivity index is 2.04. The molecule has 0 atom stereocenters. The molecule has 1 N–H and O–H groups in total. The molecule has 0 bridgehead atoms. The molecule has 23 heavy (non-hydrogen) atoms. The van der Waals surface area contributed by atoms with Crippen LogP contribution in [0.4, 0.5) is 0 Å². The van der Waals surface area contributed by atoms with E-state index in [0.29, 0.717) is 16.2 Å². The molecule has 114 valence electrons. The topological polar surface area (TPSA) is 46.2 Å². The standard InChI is InChI=1S/C19H16NO2P/c21-19(16-10-4-1-5-11-16)20-23(22,17-12-6-2-7-13-17)18-14-8-3-9-15-18/h1-15H,(H,20,21,22). The van der Waals surface area contributed by atoms with Gasteiger partial charge in [0.2, 0.25) is 7.29 Å². The Hall–Kier alpha value is -2.64. The maximum atomic E-state index is 13.7.